The Balaban J connectivity index is 2.74. The molecule has 1 aromatic rings. The number of halogens is 2. The summed E-state index contributed by atoms with van der Waals surface area (Å²) in [7, 11) is 0. The zero-order valence-corrected chi connectivity index (χ0v) is 11.5. The summed E-state index contributed by atoms with van der Waals surface area (Å²) in [5.74, 6) is -0.588. The smallest absolute Gasteiger partial charge is 0.231 e. The van der Waals surface area contributed by atoms with Crippen molar-refractivity contribution in [1.82, 2.24) is 4.90 Å². The predicted molar refractivity (Wildman–Crippen MR) is 72.1 cm³/mol. The third-order valence-corrected chi connectivity index (χ3v) is 3.17. The Morgan fingerprint density at radius 1 is 1.22 bits per heavy atom. The van der Waals surface area contributed by atoms with Gasteiger partial charge in [0.2, 0.25) is 5.91 Å². The average Bonchev–Trinajstić information content (AvgIpc) is 2.31. The van der Waals surface area contributed by atoms with Crippen molar-refractivity contribution in [2.75, 3.05) is 19.6 Å². The number of hydrogen-bond acceptors (Lipinski definition) is 3. The van der Waals surface area contributed by atoms with E-state index < -0.39 is 5.91 Å². The van der Waals surface area contributed by atoms with Crippen LogP contribution in [0, 0.1) is 0 Å². The Morgan fingerprint density at radius 3 is 2.39 bits per heavy atom. The van der Waals surface area contributed by atoms with Crippen molar-refractivity contribution in [3.63, 3.8) is 0 Å². The molecule has 0 aliphatic carbocycles. The molecule has 0 aliphatic heterocycles. The first kappa shape index (κ1) is 15.0. The largest absolute Gasteiger partial charge is 0.369 e. The van der Waals surface area contributed by atoms with Gasteiger partial charge in [0.1, 0.15) is 0 Å². The van der Waals surface area contributed by atoms with Gasteiger partial charge in [-0.3, -0.25) is 14.5 Å². The third kappa shape index (κ3) is 4.29. The highest BCUT2D eigenvalue weighted by molar-refractivity contribution is 6.42. The Hall–Kier alpha value is -1.10. The van der Waals surface area contributed by atoms with Crippen LogP contribution in [-0.2, 0) is 4.79 Å². The van der Waals surface area contributed by atoms with E-state index in [-0.39, 0.29) is 18.9 Å². The van der Waals surface area contributed by atoms with Gasteiger partial charge in [-0.25, -0.2) is 0 Å². The maximum atomic E-state index is 12.0. The van der Waals surface area contributed by atoms with Gasteiger partial charge in [0.05, 0.1) is 23.1 Å². The molecule has 0 saturated carbocycles. The van der Waals surface area contributed by atoms with Gasteiger partial charge in [-0.15, -0.1) is 0 Å². The number of carbonyl (C=O) groups excluding carboxylic acids is 2. The Morgan fingerprint density at radius 2 is 1.89 bits per heavy atom. The first-order valence-corrected chi connectivity index (χ1v) is 6.18. The Bertz CT molecular complexity index is 463. The summed E-state index contributed by atoms with van der Waals surface area (Å²) < 4.78 is 0. The van der Waals surface area contributed by atoms with Crippen molar-refractivity contribution in [1.29, 1.82) is 0 Å². The molecule has 0 spiro atoms. The van der Waals surface area contributed by atoms with Crippen LogP contribution in [0.25, 0.3) is 0 Å². The number of carbonyl (C=O) groups is 2. The highest BCUT2D eigenvalue weighted by atomic mass is 35.5. The van der Waals surface area contributed by atoms with E-state index in [1.165, 1.54) is 6.07 Å². The molecule has 0 aliphatic rings. The van der Waals surface area contributed by atoms with Gasteiger partial charge in [-0.05, 0) is 24.7 Å². The van der Waals surface area contributed by atoms with Crippen LogP contribution in [0.1, 0.15) is 17.3 Å². The average molecular weight is 289 g/mol. The number of rotatable bonds is 6. The molecule has 0 atom stereocenters. The number of hydrogen-bond donors (Lipinski definition) is 1. The van der Waals surface area contributed by atoms with Crippen LogP contribution in [0.15, 0.2) is 18.2 Å². The maximum absolute atomic E-state index is 12.0. The standard InChI is InChI=1S/C12H14Cl2N2O2/c1-2-16(7-12(15)18)6-11(17)8-3-4-9(13)10(14)5-8/h3-5H,2,6-7H2,1H3,(H2,15,18). The van der Waals surface area contributed by atoms with Crippen molar-refractivity contribution in [2.45, 2.75) is 6.92 Å². The van der Waals surface area contributed by atoms with Crippen LogP contribution in [0.4, 0.5) is 0 Å². The minimum Gasteiger partial charge on any atom is -0.369 e. The molecular formula is C12H14Cl2N2O2. The van der Waals surface area contributed by atoms with E-state index in [4.69, 9.17) is 28.9 Å². The van der Waals surface area contributed by atoms with E-state index in [0.717, 1.165) is 0 Å². The first-order chi connectivity index (χ1) is 8.43. The zero-order chi connectivity index (χ0) is 13.7. The second kappa shape index (κ2) is 6.73. The monoisotopic (exact) mass is 288 g/mol. The fraction of sp³-hybridized carbons (Fsp3) is 0.333. The van der Waals surface area contributed by atoms with Gasteiger partial charge in [0, 0.05) is 5.56 Å². The fourth-order valence-electron chi connectivity index (χ4n) is 1.46. The van der Waals surface area contributed by atoms with Crippen LogP contribution < -0.4 is 5.73 Å². The summed E-state index contributed by atoms with van der Waals surface area (Å²) in [4.78, 5) is 24.4. The number of amides is 1. The van der Waals surface area contributed by atoms with Crippen LogP contribution in [-0.4, -0.2) is 36.2 Å². The van der Waals surface area contributed by atoms with Gasteiger partial charge in [0.25, 0.3) is 0 Å². The lowest BCUT2D eigenvalue weighted by atomic mass is 10.1. The lowest BCUT2D eigenvalue weighted by Crippen LogP contribution is -2.37. The second-order valence-electron chi connectivity index (χ2n) is 3.82. The predicted octanol–water partition coefficient (Wildman–Crippen LogP) is 1.98. The van der Waals surface area contributed by atoms with Gasteiger partial charge < -0.3 is 5.73 Å². The summed E-state index contributed by atoms with van der Waals surface area (Å²) in [6.45, 7) is 2.60. The van der Waals surface area contributed by atoms with E-state index in [1.54, 1.807) is 17.0 Å². The lowest BCUT2D eigenvalue weighted by Gasteiger charge is -2.17. The highest BCUT2D eigenvalue weighted by Crippen LogP contribution is 2.22. The summed E-state index contributed by atoms with van der Waals surface area (Å²) in [6, 6.07) is 4.69. The van der Waals surface area contributed by atoms with Crippen molar-refractivity contribution in [2.24, 2.45) is 5.73 Å². The number of ketones is 1. The van der Waals surface area contributed by atoms with Crippen LogP contribution >= 0.6 is 23.2 Å². The zero-order valence-electron chi connectivity index (χ0n) is 9.95. The molecule has 1 amide bonds. The molecule has 0 saturated heterocycles. The van der Waals surface area contributed by atoms with Crippen molar-refractivity contribution < 1.29 is 9.59 Å². The number of primary amides is 1. The fourth-order valence-corrected chi connectivity index (χ4v) is 1.76. The van der Waals surface area contributed by atoms with Gasteiger partial charge in [0.15, 0.2) is 5.78 Å². The molecule has 0 radical (unpaired) electrons. The van der Waals surface area contributed by atoms with Crippen molar-refractivity contribution in [3.8, 4) is 0 Å². The van der Waals surface area contributed by atoms with Gasteiger partial charge in [-0.2, -0.15) is 0 Å². The summed E-state index contributed by atoms with van der Waals surface area (Å²) in [5, 5.41) is 0.734. The molecule has 18 heavy (non-hydrogen) atoms. The summed E-state index contributed by atoms with van der Waals surface area (Å²) in [6.07, 6.45) is 0. The highest BCUT2D eigenvalue weighted by Gasteiger charge is 2.14. The SMILES string of the molecule is CCN(CC(N)=O)CC(=O)c1ccc(Cl)c(Cl)c1. The molecule has 0 fully saturated rings. The number of Topliss-reactive ketones (excluding diaryl/α,β-unsaturated/α-hetero) is 1. The van der Waals surface area contributed by atoms with E-state index >= 15 is 0 Å². The molecule has 0 bridgehead atoms. The number of nitrogens with two attached hydrogens (primary N) is 1. The normalized spacial score (nSPS) is 10.7. The molecule has 98 valence electrons. The molecule has 4 nitrogen and oxygen atoms in total. The second-order valence-corrected chi connectivity index (χ2v) is 4.64. The number of nitrogens with zero attached hydrogens (tertiary/aromatic N) is 1. The number of likely N-dealkylation sites (N-methyl/N-ethyl adjacent to an activating group) is 1. The van der Waals surface area contributed by atoms with E-state index in [9.17, 15) is 9.59 Å². The first-order valence-electron chi connectivity index (χ1n) is 5.43. The molecule has 0 heterocycles. The van der Waals surface area contributed by atoms with Crippen LogP contribution in [0.5, 0.6) is 0 Å². The van der Waals surface area contributed by atoms with Crippen LogP contribution in [0.2, 0.25) is 10.0 Å². The summed E-state index contributed by atoms with van der Waals surface area (Å²) in [5.41, 5.74) is 5.56. The lowest BCUT2D eigenvalue weighted by molar-refractivity contribution is -0.118. The van der Waals surface area contributed by atoms with Crippen molar-refractivity contribution in [3.05, 3.63) is 33.8 Å². The summed E-state index contributed by atoms with van der Waals surface area (Å²) >= 11 is 11.6. The molecule has 0 unspecified atom stereocenters. The molecule has 1 aromatic carbocycles. The number of benzene rings is 1. The topological polar surface area (TPSA) is 63.4 Å². The molecule has 6 heteroatoms. The molecular weight excluding hydrogens is 275 g/mol. The quantitative estimate of drug-likeness (QED) is 0.814. The maximum Gasteiger partial charge on any atom is 0.231 e. The van der Waals surface area contributed by atoms with E-state index in [0.29, 0.717) is 22.2 Å². The van der Waals surface area contributed by atoms with Crippen molar-refractivity contribution >= 4 is 34.9 Å². The Labute approximate surface area is 116 Å². The molecule has 2 N–H and O–H groups in total. The molecule has 1 rings (SSSR count). The minimum atomic E-state index is -0.459. The van der Waals surface area contributed by atoms with Gasteiger partial charge in [-0.1, -0.05) is 30.1 Å². The Kier molecular flexibility index (Phi) is 5.59. The molecule has 0 aromatic heterocycles. The van der Waals surface area contributed by atoms with E-state index in [2.05, 4.69) is 0 Å². The van der Waals surface area contributed by atoms with Gasteiger partial charge >= 0.3 is 0 Å². The van der Waals surface area contributed by atoms with Crippen LogP contribution in [0.3, 0.4) is 0 Å². The minimum absolute atomic E-state index is 0.0591. The van der Waals surface area contributed by atoms with E-state index in [1.807, 2.05) is 6.92 Å². The third-order valence-electron chi connectivity index (χ3n) is 2.44.